The van der Waals surface area contributed by atoms with Crippen molar-refractivity contribution >= 4 is 11.9 Å². The molecule has 3 N–H and O–H groups in total. The van der Waals surface area contributed by atoms with Crippen LogP contribution >= 0.6 is 0 Å². The third kappa shape index (κ3) is 2.69. The minimum absolute atomic E-state index is 0.173. The van der Waals surface area contributed by atoms with Gasteiger partial charge in [0.2, 0.25) is 5.91 Å². The minimum atomic E-state index is -0.872. The number of amides is 1. The van der Waals surface area contributed by atoms with E-state index in [4.69, 9.17) is 5.11 Å². The largest absolute Gasteiger partial charge is 0.481 e. The zero-order chi connectivity index (χ0) is 13.1. The molecule has 98 valence electrons. The van der Waals surface area contributed by atoms with Crippen LogP contribution in [0, 0.1) is 17.8 Å². The van der Waals surface area contributed by atoms with E-state index in [9.17, 15) is 9.59 Å². The Morgan fingerprint density at radius 2 is 2.22 bits per heavy atom. The van der Waals surface area contributed by atoms with Crippen molar-refractivity contribution in [1.29, 1.82) is 0 Å². The van der Waals surface area contributed by atoms with Crippen LogP contribution in [-0.4, -0.2) is 27.2 Å². The van der Waals surface area contributed by atoms with Gasteiger partial charge in [0.15, 0.2) is 0 Å². The van der Waals surface area contributed by atoms with Gasteiger partial charge in [-0.1, -0.05) is 6.92 Å². The maximum absolute atomic E-state index is 12.0. The van der Waals surface area contributed by atoms with Crippen LogP contribution < -0.4 is 5.32 Å². The molecule has 0 radical (unpaired) electrons. The van der Waals surface area contributed by atoms with Crippen molar-refractivity contribution in [2.24, 2.45) is 17.8 Å². The number of aromatic amines is 1. The van der Waals surface area contributed by atoms with Crippen molar-refractivity contribution < 1.29 is 14.7 Å². The third-order valence-electron chi connectivity index (χ3n) is 3.47. The highest BCUT2D eigenvalue weighted by atomic mass is 16.4. The molecule has 0 bridgehead atoms. The Morgan fingerprint density at radius 3 is 2.83 bits per heavy atom. The van der Waals surface area contributed by atoms with Gasteiger partial charge in [-0.3, -0.25) is 14.7 Å². The summed E-state index contributed by atoms with van der Waals surface area (Å²) >= 11 is 0. The average Bonchev–Trinajstić information content (AvgIpc) is 2.94. The van der Waals surface area contributed by atoms with Crippen LogP contribution in [0.2, 0.25) is 0 Å². The molecule has 0 aromatic carbocycles. The first kappa shape index (κ1) is 12.6. The number of nitrogens with zero attached hydrogens (tertiary/aromatic N) is 1. The van der Waals surface area contributed by atoms with Gasteiger partial charge in [-0.2, -0.15) is 5.10 Å². The summed E-state index contributed by atoms with van der Waals surface area (Å²) in [6, 6.07) is 0. The fourth-order valence-corrected chi connectivity index (χ4v) is 2.55. The molecule has 1 fully saturated rings. The van der Waals surface area contributed by atoms with E-state index in [1.807, 2.05) is 6.92 Å². The number of rotatable bonds is 4. The molecule has 0 saturated heterocycles. The van der Waals surface area contributed by atoms with Gasteiger partial charge in [0.1, 0.15) is 0 Å². The second-order valence-corrected chi connectivity index (χ2v) is 4.95. The summed E-state index contributed by atoms with van der Waals surface area (Å²) < 4.78 is 0. The van der Waals surface area contributed by atoms with Crippen LogP contribution in [0.4, 0.5) is 0 Å². The summed E-state index contributed by atoms with van der Waals surface area (Å²) in [6.07, 6.45) is 4.56. The van der Waals surface area contributed by atoms with Gasteiger partial charge < -0.3 is 10.4 Å². The van der Waals surface area contributed by atoms with E-state index < -0.39 is 17.8 Å². The van der Waals surface area contributed by atoms with E-state index in [1.54, 1.807) is 12.4 Å². The quantitative estimate of drug-likeness (QED) is 0.736. The lowest BCUT2D eigenvalue weighted by Gasteiger charge is -2.15. The highest BCUT2D eigenvalue weighted by Gasteiger charge is 2.40. The summed E-state index contributed by atoms with van der Waals surface area (Å²) in [7, 11) is 0. The highest BCUT2D eigenvalue weighted by molar-refractivity contribution is 5.85. The second-order valence-electron chi connectivity index (χ2n) is 4.95. The van der Waals surface area contributed by atoms with E-state index in [0.717, 1.165) is 5.56 Å². The molecule has 1 amide bonds. The van der Waals surface area contributed by atoms with E-state index in [-0.39, 0.29) is 11.8 Å². The first-order chi connectivity index (χ1) is 8.58. The van der Waals surface area contributed by atoms with Crippen LogP contribution in [0.5, 0.6) is 0 Å². The van der Waals surface area contributed by atoms with E-state index in [2.05, 4.69) is 15.5 Å². The lowest BCUT2D eigenvalue weighted by atomic mass is 9.95. The van der Waals surface area contributed by atoms with Crippen LogP contribution in [-0.2, 0) is 16.1 Å². The second kappa shape index (κ2) is 5.20. The minimum Gasteiger partial charge on any atom is -0.481 e. The van der Waals surface area contributed by atoms with E-state index >= 15 is 0 Å². The molecule has 0 aliphatic heterocycles. The molecule has 1 saturated carbocycles. The molecule has 2 rings (SSSR count). The standard InChI is InChI=1S/C12H17N3O3/c1-7-2-9(10(3-7)12(17)18)11(16)13-4-8-5-14-15-6-8/h5-7,9-10H,2-4H2,1H3,(H,13,16)(H,14,15)(H,17,18). The monoisotopic (exact) mass is 251 g/mol. The number of carbonyl (C=O) groups is 2. The van der Waals surface area contributed by atoms with Crippen LogP contribution in [0.15, 0.2) is 12.4 Å². The molecule has 6 heteroatoms. The molecule has 6 nitrogen and oxygen atoms in total. The fourth-order valence-electron chi connectivity index (χ4n) is 2.55. The number of nitrogens with one attached hydrogen (secondary N) is 2. The smallest absolute Gasteiger partial charge is 0.307 e. The molecular formula is C12H17N3O3. The van der Waals surface area contributed by atoms with Gasteiger partial charge in [0.25, 0.3) is 0 Å². The van der Waals surface area contributed by atoms with E-state index in [0.29, 0.717) is 19.4 Å². The average molecular weight is 251 g/mol. The Kier molecular flexibility index (Phi) is 3.64. The Morgan fingerprint density at radius 1 is 1.50 bits per heavy atom. The lowest BCUT2D eigenvalue weighted by Crippen LogP contribution is -2.34. The molecule has 3 atom stereocenters. The van der Waals surface area contributed by atoms with Crippen molar-refractivity contribution in [3.8, 4) is 0 Å². The first-order valence-electron chi connectivity index (χ1n) is 6.06. The lowest BCUT2D eigenvalue weighted by molar-refractivity contribution is -0.146. The number of H-pyrrole nitrogens is 1. The summed E-state index contributed by atoms with van der Waals surface area (Å²) in [5.74, 6) is -1.72. The maximum atomic E-state index is 12.0. The number of aromatic nitrogens is 2. The van der Waals surface area contributed by atoms with E-state index in [1.165, 1.54) is 0 Å². The molecule has 1 aromatic heterocycles. The van der Waals surface area contributed by atoms with Crippen LogP contribution in [0.25, 0.3) is 0 Å². The topological polar surface area (TPSA) is 95.1 Å². The van der Waals surface area contributed by atoms with Gasteiger partial charge in [-0.15, -0.1) is 0 Å². The predicted octanol–water partition coefficient (Wildman–Crippen LogP) is 0.773. The van der Waals surface area contributed by atoms with Crippen molar-refractivity contribution in [3.63, 3.8) is 0 Å². The number of carboxylic acid groups (broad SMARTS) is 1. The summed E-state index contributed by atoms with van der Waals surface area (Å²) in [6.45, 7) is 2.37. The zero-order valence-corrected chi connectivity index (χ0v) is 10.2. The van der Waals surface area contributed by atoms with Crippen LogP contribution in [0.3, 0.4) is 0 Å². The highest BCUT2D eigenvalue weighted by Crippen LogP contribution is 2.36. The molecule has 1 aliphatic rings. The molecule has 0 spiro atoms. The molecule has 18 heavy (non-hydrogen) atoms. The van der Waals surface area contributed by atoms with Gasteiger partial charge in [-0.05, 0) is 18.8 Å². The van der Waals surface area contributed by atoms with Gasteiger partial charge in [0, 0.05) is 18.3 Å². The molecular weight excluding hydrogens is 234 g/mol. The van der Waals surface area contributed by atoms with Gasteiger partial charge in [0.05, 0.1) is 18.0 Å². The third-order valence-corrected chi connectivity index (χ3v) is 3.47. The van der Waals surface area contributed by atoms with Gasteiger partial charge in [-0.25, -0.2) is 0 Å². The molecule has 1 heterocycles. The van der Waals surface area contributed by atoms with Crippen molar-refractivity contribution in [2.45, 2.75) is 26.3 Å². The number of carboxylic acids is 1. The normalized spacial score (nSPS) is 27.1. The maximum Gasteiger partial charge on any atom is 0.307 e. The molecule has 1 aliphatic carbocycles. The van der Waals surface area contributed by atoms with Crippen molar-refractivity contribution in [3.05, 3.63) is 18.0 Å². The zero-order valence-electron chi connectivity index (χ0n) is 10.2. The fraction of sp³-hybridized carbons (Fsp3) is 0.583. The Bertz CT molecular complexity index is 430. The summed E-state index contributed by atoms with van der Waals surface area (Å²) in [5.41, 5.74) is 0.876. The molecule has 1 aromatic rings. The number of hydrogen-bond acceptors (Lipinski definition) is 3. The van der Waals surface area contributed by atoms with Gasteiger partial charge >= 0.3 is 5.97 Å². The predicted molar refractivity (Wildman–Crippen MR) is 63.4 cm³/mol. The Balaban J connectivity index is 1.93. The number of carbonyl (C=O) groups excluding carboxylic acids is 1. The summed E-state index contributed by atoms with van der Waals surface area (Å²) in [4.78, 5) is 23.1. The number of hydrogen-bond donors (Lipinski definition) is 3. The Labute approximate surface area is 105 Å². The van der Waals surface area contributed by atoms with Crippen LogP contribution in [0.1, 0.15) is 25.3 Å². The summed E-state index contributed by atoms with van der Waals surface area (Å²) in [5, 5.41) is 18.3. The SMILES string of the molecule is CC1CC(C(=O)O)C(C(=O)NCc2cn[nH]c2)C1. The first-order valence-corrected chi connectivity index (χ1v) is 6.06. The number of aliphatic carboxylic acids is 1. The van der Waals surface area contributed by atoms with Crippen molar-refractivity contribution in [1.82, 2.24) is 15.5 Å². The Hall–Kier alpha value is -1.85. The molecule has 3 unspecified atom stereocenters. The van der Waals surface area contributed by atoms with Crippen molar-refractivity contribution in [2.75, 3.05) is 0 Å².